The Kier molecular flexibility index (Phi) is 25.7. The molecule has 3 heterocycles. The number of hydrogen-bond donors (Lipinski definition) is 0. The summed E-state index contributed by atoms with van der Waals surface area (Å²) in [5, 5.41) is 2.39. The zero-order chi connectivity index (χ0) is 96.8. The van der Waals surface area contributed by atoms with Gasteiger partial charge in [0.25, 0.3) is 0 Å². The summed E-state index contributed by atoms with van der Waals surface area (Å²) in [6.07, 6.45) is 0. The summed E-state index contributed by atoms with van der Waals surface area (Å²) in [5.74, 6) is 0. The number of hydrogen-bond acceptors (Lipinski definition) is 9. The van der Waals surface area contributed by atoms with Gasteiger partial charge in [0.2, 0.25) is 0 Å². The van der Waals surface area contributed by atoms with Gasteiger partial charge in [-0.3, -0.25) is 0 Å². The molecule has 0 saturated heterocycles. The summed E-state index contributed by atoms with van der Waals surface area (Å²) in [4.78, 5) is 38.9. The largest absolute Gasteiger partial charge is 0.311 e. The highest BCUT2D eigenvalue weighted by atomic mass is 15.2. The number of fused-ring (bicyclic) bond motifs is 4. The maximum absolute atomic E-state index is 5.58. The predicted molar refractivity (Wildman–Crippen MR) is 605 cm³/mol. The molecule has 684 valence electrons. The van der Waals surface area contributed by atoms with Crippen LogP contribution in [0.5, 0.6) is 0 Å². The fourth-order valence-corrected chi connectivity index (χ4v) is 19.2. The summed E-state index contributed by atoms with van der Waals surface area (Å²) in [6, 6.07) is 201. The van der Waals surface area contributed by atoms with E-state index in [1.54, 1.807) is 0 Å². The lowest BCUT2D eigenvalue weighted by molar-refractivity contribution is 1.27. The zero-order valence-electron chi connectivity index (χ0n) is 79.4. The first-order valence-corrected chi connectivity index (χ1v) is 48.9. The van der Waals surface area contributed by atoms with Gasteiger partial charge in [0, 0.05) is 95.7 Å². The zero-order valence-corrected chi connectivity index (χ0v) is 79.4. The van der Waals surface area contributed by atoms with Gasteiger partial charge >= 0.3 is 0 Å². The molecule has 0 atom stereocenters. The third-order valence-electron chi connectivity index (χ3n) is 26.4. The number of aromatic nitrogens is 6. The standard InChI is InChI=1S/C48H33N3.2C44H31N3/c1-5-16-35(17-6-1)42-32-33-44(43-27-15-21-34-18-13-14-26-41(34)43)48-47(42)49-46(45(50-48)36-19-7-2-8-20-36)37-28-30-40(31-29-37)51(38-22-9-3-10-23-38)39-24-11-4-12-25-39;1-5-13-32(14-6-1)33-21-23-34(24-22-33)37-27-30-41-42(31-37)46-43(35-15-7-2-8-16-35)44(45-41)36-25-28-40(29-26-36)47(38-17-9-3-10-18-38)39-19-11-4-12-20-39;1-5-13-32(14-6-1)33-21-23-34(24-22-33)37-27-30-41-42(31-37)46-44(43(45-41)35-15-7-2-8-16-35)36-25-28-40(29-26-36)47(38-17-9-3-10-18-38)39-19-11-4-12-20-39/h1-33H;2*1-31H. The van der Waals surface area contributed by atoms with E-state index in [-0.39, 0.29) is 0 Å². The van der Waals surface area contributed by atoms with Crippen molar-refractivity contribution in [3.8, 4) is 134 Å². The van der Waals surface area contributed by atoms with Gasteiger partial charge < -0.3 is 14.7 Å². The van der Waals surface area contributed by atoms with Crippen LogP contribution in [0.2, 0.25) is 0 Å². The van der Waals surface area contributed by atoms with E-state index >= 15 is 0 Å². The minimum atomic E-state index is 0.846. The summed E-state index contributed by atoms with van der Waals surface area (Å²) < 4.78 is 0. The van der Waals surface area contributed by atoms with Gasteiger partial charge in [-0.1, -0.05) is 443 Å². The van der Waals surface area contributed by atoms with E-state index in [1.807, 2.05) is 66.7 Å². The fraction of sp³-hybridized carbons (Fsp3) is 0. The van der Waals surface area contributed by atoms with Crippen LogP contribution in [-0.4, -0.2) is 29.9 Å². The number of nitrogens with zero attached hydrogens (tertiary/aromatic N) is 9. The minimum absolute atomic E-state index is 0.846. The van der Waals surface area contributed by atoms with Crippen LogP contribution in [0.1, 0.15) is 0 Å². The Morgan fingerprint density at radius 2 is 0.324 bits per heavy atom. The smallest absolute Gasteiger partial charge is 0.0979 e. The van der Waals surface area contributed by atoms with Crippen LogP contribution < -0.4 is 14.7 Å². The van der Waals surface area contributed by atoms with Crippen LogP contribution >= 0.6 is 0 Å². The Labute approximate surface area is 844 Å². The molecule has 3 aromatic heterocycles. The lowest BCUT2D eigenvalue weighted by atomic mass is 9.93. The van der Waals surface area contributed by atoms with Crippen LogP contribution in [0, 0.1) is 0 Å². The SMILES string of the molecule is c1ccc(-c2ccc(-c3ccc4nc(-c5ccc(N(c6ccccc6)c6ccccc6)cc5)c(-c5ccccc5)nc4c3)cc2)cc1.c1ccc(-c2ccc(-c3ccc4nc(-c5ccccc5)c(-c5ccc(N(c6ccccc6)c6ccccc6)cc5)nc4c3)cc2)cc1.c1ccc(-c2nc3c(-c4cccc5ccccc45)ccc(-c4ccccc4)c3nc2-c2ccc(N(c3ccccc3)c3ccccc3)cc2)cc1. The molecule has 0 aliphatic heterocycles. The highest BCUT2D eigenvalue weighted by Gasteiger charge is 2.25. The average molecular weight is 1860 g/mol. The van der Waals surface area contributed by atoms with Gasteiger partial charge in [0.1, 0.15) is 0 Å². The van der Waals surface area contributed by atoms with E-state index < -0.39 is 0 Å². The molecule has 0 spiro atoms. The highest BCUT2D eigenvalue weighted by Crippen LogP contribution is 2.46. The van der Waals surface area contributed by atoms with Gasteiger partial charge in [0.15, 0.2) is 0 Å². The van der Waals surface area contributed by atoms with Crippen molar-refractivity contribution in [1.82, 2.24) is 29.9 Å². The van der Waals surface area contributed by atoms with Gasteiger partial charge in [-0.15, -0.1) is 0 Å². The van der Waals surface area contributed by atoms with Crippen molar-refractivity contribution in [3.05, 3.63) is 576 Å². The van der Waals surface area contributed by atoms with Crippen molar-refractivity contribution in [2.24, 2.45) is 0 Å². The van der Waals surface area contributed by atoms with Crippen molar-refractivity contribution in [2.45, 2.75) is 0 Å². The van der Waals surface area contributed by atoms with Crippen LogP contribution in [-0.2, 0) is 0 Å². The second kappa shape index (κ2) is 41.7. The molecule has 0 unspecified atom stereocenters. The molecule has 25 rings (SSSR count). The normalized spacial score (nSPS) is 11.0. The molecule has 0 bridgehead atoms. The van der Waals surface area contributed by atoms with Crippen molar-refractivity contribution in [3.63, 3.8) is 0 Å². The van der Waals surface area contributed by atoms with Crippen LogP contribution in [0.25, 0.3) is 178 Å². The molecule has 145 heavy (non-hydrogen) atoms. The molecule has 0 fully saturated rings. The Bertz CT molecular complexity index is 8620. The third-order valence-corrected chi connectivity index (χ3v) is 26.4. The average Bonchev–Trinajstić information content (AvgIpc) is 0.748. The maximum Gasteiger partial charge on any atom is 0.0979 e. The van der Waals surface area contributed by atoms with Gasteiger partial charge in [-0.2, -0.15) is 0 Å². The second-order valence-corrected chi connectivity index (χ2v) is 35.6. The first-order chi connectivity index (χ1) is 71.9. The molecule has 0 saturated carbocycles. The van der Waals surface area contributed by atoms with Crippen LogP contribution in [0.3, 0.4) is 0 Å². The number of rotatable bonds is 21. The van der Waals surface area contributed by atoms with Gasteiger partial charge in [-0.05, 0) is 200 Å². The molecular formula is C136H95N9. The van der Waals surface area contributed by atoms with Crippen molar-refractivity contribution in [1.29, 1.82) is 0 Å². The second-order valence-electron chi connectivity index (χ2n) is 35.6. The summed E-state index contributed by atoms with van der Waals surface area (Å²) in [6.45, 7) is 0. The Hall–Kier alpha value is -19.5. The van der Waals surface area contributed by atoms with E-state index in [0.29, 0.717) is 0 Å². The minimum Gasteiger partial charge on any atom is -0.311 e. The Morgan fingerprint density at radius 1 is 0.117 bits per heavy atom. The fourth-order valence-electron chi connectivity index (χ4n) is 19.2. The predicted octanol–water partition coefficient (Wildman–Crippen LogP) is 36.5. The lowest BCUT2D eigenvalue weighted by Crippen LogP contribution is -2.09. The third kappa shape index (κ3) is 19.4. The highest BCUT2D eigenvalue weighted by molar-refractivity contribution is 6.09. The Balaban J connectivity index is 0.000000120. The molecule has 0 N–H and O–H groups in total. The number of para-hydroxylation sites is 6. The molecule has 9 heteroatoms. The maximum atomic E-state index is 5.58. The first kappa shape index (κ1) is 89.4. The summed E-state index contributed by atoms with van der Waals surface area (Å²) in [5.41, 5.74) is 40.0. The first-order valence-electron chi connectivity index (χ1n) is 48.9. The quantitative estimate of drug-likeness (QED) is 0.0698. The van der Waals surface area contributed by atoms with E-state index in [9.17, 15) is 0 Å². The van der Waals surface area contributed by atoms with E-state index in [2.05, 4.69) is 524 Å². The molecule has 22 aromatic carbocycles. The van der Waals surface area contributed by atoms with Gasteiger partial charge in [0.05, 0.1) is 67.3 Å². The lowest BCUT2D eigenvalue weighted by Gasteiger charge is -2.25. The van der Waals surface area contributed by atoms with Gasteiger partial charge in [-0.25, -0.2) is 29.9 Å². The van der Waals surface area contributed by atoms with Crippen molar-refractivity contribution < 1.29 is 0 Å². The molecular weight excluding hydrogens is 1760 g/mol. The van der Waals surface area contributed by atoms with Crippen molar-refractivity contribution >= 4 is 95.1 Å². The Morgan fingerprint density at radius 3 is 0.641 bits per heavy atom. The van der Waals surface area contributed by atoms with E-state index in [0.717, 1.165) is 196 Å². The summed E-state index contributed by atoms with van der Waals surface area (Å²) >= 11 is 0. The monoisotopic (exact) mass is 1850 g/mol. The number of anilines is 9. The summed E-state index contributed by atoms with van der Waals surface area (Å²) in [7, 11) is 0. The molecule has 25 aromatic rings. The van der Waals surface area contributed by atoms with Crippen LogP contribution in [0.4, 0.5) is 51.2 Å². The molecule has 0 aliphatic rings. The van der Waals surface area contributed by atoms with Crippen LogP contribution in [0.15, 0.2) is 576 Å². The molecule has 0 aliphatic carbocycles. The van der Waals surface area contributed by atoms with Crippen molar-refractivity contribution in [2.75, 3.05) is 14.7 Å². The van der Waals surface area contributed by atoms with E-state index in [1.165, 1.54) is 33.0 Å². The molecule has 9 nitrogen and oxygen atoms in total. The number of benzene rings is 22. The molecule has 0 radical (unpaired) electrons. The topological polar surface area (TPSA) is 87.1 Å². The van der Waals surface area contributed by atoms with E-state index in [4.69, 9.17) is 29.9 Å². The molecule has 0 amide bonds.